The number of morpholine rings is 1. The lowest BCUT2D eigenvalue weighted by Gasteiger charge is -2.26. The van der Waals surface area contributed by atoms with Crippen LogP contribution in [0, 0.1) is 50.4 Å². The first-order valence-corrected chi connectivity index (χ1v) is 14.7. The van der Waals surface area contributed by atoms with Gasteiger partial charge in [0.2, 0.25) is 0 Å². The van der Waals surface area contributed by atoms with Crippen molar-refractivity contribution in [3.8, 4) is 6.07 Å². The maximum atomic E-state index is 13.4. The molecule has 1 N–H and O–H groups in total. The molecule has 3 aromatic heterocycles. The Morgan fingerprint density at radius 3 is 2.68 bits per heavy atom. The highest BCUT2D eigenvalue weighted by molar-refractivity contribution is 5.94. The van der Waals surface area contributed by atoms with Crippen LogP contribution in [0.2, 0.25) is 0 Å². The van der Waals surface area contributed by atoms with E-state index in [9.17, 15) is 10.1 Å². The Kier molecular flexibility index (Phi) is 8.57. The number of aromatic nitrogens is 5. The minimum atomic E-state index is -0.465. The van der Waals surface area contributed by atoms with E-state index in [1.165, 1.54) is 0 Å². The van der Waals surface area contributed by atoms with Gasteiger partial charge in [-0.2, -0.15) is 15.5 Å². The quantitative estimate of drug-likeness (QED) is 0.385. The molecule has 2 aliphatic rings. The van der Waals surface area contributed by atoms with Crippen LogP contribution in [-0.2, 0) is 30.7 Å². The predicted octanol–water partition coefficient (Wildman–Crippen LogP) is 3.17. The zero-order chi connectivity index (χ0) is 29.1. The second-order valence-corrected chi connectivity index (χ2v) is 12.0. The molecule has 1 saturated carbocycles. The van der Waals surface area contributed by atoms with Crippen LogP contribution < -0.4 is 5.32 Å². The van der Waals surface area contributed by atoms with Gasteiger partial charge in [0.1, 0.15) is 5.69 Å². The summed E-state index contributed by atoms with van der Waals surface area (Å²) in [5.74, 6) is -0.0125. The van der Waals surface area contributed by atoms with Crippen molar-refractivity contribution in [1.82, 2.24) is 34.8 Å². The molecule has 10 heteroatoms. The topological polar surface area (TPSA) is 114 Å². The fourth-order valence-electron chi connectivity index (χ4n) is 5.85. The highest BCUT2D eigenvalue weighted by Gasteiger charge is 2.55. The molecule has 0 spiro atoms. The van der Waals surface area contributed by atoms with E-state index in [0.717, 1.165) is 79.5 Å². The average Bonchev–Trinajstić information content (AvgIpc) is 3.37. The third kappa shape index (κ3) is 6.68. The number of carbonyl (C=O) groups excluding carboxylic acids is 1. The molecular weight excluding hydrogens is 516 g/mol. The summed E-state index contributed by atoms with van der Waals surface area (Å²) in [6.45, 7) is 16.0. The van der Waals surface area contributed by atoms with Gasteiger partial charge in [0.15, 0.2) is 0 Å². The van der Waals surface area contributed by atoms with Crippen molar-refractivity contribution >= 4 is 5.91 Å². The van der Waals surface area contributed by atoms with Crippen molar-refractivity contribution in [3.05, 3.63) is 64.0 Å². The molecule has 3 aromatic rings. The molecule has 10 nitrogen and oxygen atoms in total. The fraction of sp³-hybridized carbons (Fsp3) is 0.581. The number of nitrogens with zero attached hydrogens (tertiary/aromatic N) is 7. The number of ether oxygens (including phenoxy) is 1. The van der Waals surface area contributed by atoms with Gasteiger partial charge in [0, 0.05) is 43.8 Å². The highest BCUT2D eigenvalue weighted by atomic mass is 16.5. The molecule has 1 amide bonds. The van der Waals surface area contributed by atoms with Crippen molar-refractivity contribution in [1.29, 1.82) is 5.26 Å². The smallest absolute Gasteiger partial charge is 0.270 e. The summed E-state index contributed by atoms with van der Waals surface area (Å²) < 4.78 is 9.39. The Bertz CT molecular complexity index is 1430. The lowest BCUT2D eigenvalue weighted by atomic mass is 9.98. The SMILES string of the molecule is Cc1cnc(C(=O)NC(C)Cc2cn(CCN3CCOCC3)nc2C)c(CC2CC2(C#N)Cn2ncc(C)c2C)c1. The Morgan fingerprint density at radius 2 is 1.98 bits per heavy atom. The number of nitriles is 1. The van der Waals surface area contributed by atoms with E-state index in [1.807, 2.05) is 56.2 Å². The Labute approximate surface area is 242 Å². The Hall–Kier alpha value is -3.55. The van der Waals surface area contributed by atoms with E-state index in [1.54, 1.807) is 6.20 Å². The van der Waals surface area contributed by atoms with Gasteiger partial charge < -0.3 is 10.1 Å². The second kappa shape index (κ2) is 12.1. The summed E-state index contributed by atoms with van der Waals surface area (Å²) in [6, 6.07) is 4.52. The van der Waals surface area contributed by atoms with Gasteiger partial charge in [-0.1, -0.05) is 6.07 Å². The van der Waals surface area contributed by atoms with Crippen LogP contribution in [0.1, 0.15) is 57.5 Å². The molecule has 1 aliphatic heterocycles. The monoisotopic (exact) mass is 558 g/mol. The molecule has 0 aromatic carbocycles. The summed E-state index contributed by atoms with van der Waals surface area (Å²) in [6.07, 6.45) is 7.83. The molecule has 1 aliphatic carbocycles. The molecule has 3 atom stereocenters. The summed E-state index contributed by atoms with van der Waals surface area (Å²) >= 11 is 0. The molecule has 5 rings (SSSR count). The van der Waals surface area contributed by atoms with E-state index in [-0.39, 0.29) is 17.9 Å². The fourth-order valence-corrected chi connectivity index (χ4v) is 5.85. The minimum absolute atomic E-state index is 0.0841. The van der Waals surface area contributed by atoms with Crippen molar-refractivity contribution in [3.63, 3.8) is 0 Å². The van der Waals surface area contributed by atoms with Crippen molar-refractivity contribution in [2.24, 2.45) is 11.3 Å². The van der Waals surface area contributed by atoms with Crippen LogP contribution in [0.15, 0.2) is 24.7 Å². The van der Waals surface area contributed by atoms with Crippen molar-refractivity contribution < 1.29 is 9.53 Å². The maximum absolute atomic E-state index is 13.4. The van der Waals surface area contributed by atoms with Gasteiger partial charge in [-0.15, -0.1) is 0 Å². The third-order valence-corrected chi connectivity index (χ3v) is 8.72. The van der Waals surface area contributed by atoms with Gasteiger partial charge in [0.05, 0.1) is 49.7 Å². The number of hydrogen-bond acceptors (Lipinski definition) is 7. The number of rotatable bonds is 11. The van der Waals surface area contributed by atoms with Crippen LogP contribution in [0.25, 0.3) is 0 Å². The van der Waals surface area contributed by atoms with Crippen LogP contribution in [0.5, 0.6) is 0 Å². The zero-order valence-corrected chi connectivity index (χ0v) is 25.0. The number of carbonyl (C=O) groups is 1. The van der Waals surface area contributed by atoms with Crippen molar-refractivity contribution in [2.75, 3.05) is 32.8 Å². The summed E-state index contributed by atoms with van der Waals surface area (Å²) in [7, 11) is 0. The van der Waals surface area contributed by atoms with E-state index in [0.29, 0.717) is 25.1 Å². The number of hydrogen-bond donors (Lipinski definition) is 1. The molecule has 3 unspecified atom stereocenters. The van der Waals surface area contributed by atoms with Gasteiger partial charge in [-0.25, -0.2) is 0 Å². The Morgan fingerprint density at radius 1 is 1.20 bits per heavy atom. The van der Waals surface area contributed by atoms with E-state index in [4.69, 9.17) is 9.84 Å². The van der Waals surface area contributed by atoms with Gasteiger partial charge >= 0.3 is 0 Å². The number of amides is 1. The average molecular weight is 559 g/mol. The molecule has 2 fully saturated rings. The lowest BCUT2D eigenvalue weighted by Crippen LogP contribution is -2.38. The normalized spacial score (nSPS) is 21.4. The highest BCUT2D eigenvalue weighted by Crippen LogP contribution is 2.55. The van der Waals surface area contributed by atoms with Crippen LogP contribution in [0.4, 0.5) is 0 Å². The van der Waals surface area contributed by atoms with Crippen LogP contribution >= 0.6 is 0 Å². The largest absolute Gasteiger partial charge is 0.379 e. The predicted molar refractivity (Wildman–Crippen MR) is 155 cm³/mol. The first-order valence-electron chi connectivity index (χ1n) is 14.7. The van der Waals surface area contributed by atoms with Crippen LogP contribution in [0.3, 0.4) is 0 Å². The molecule has 0 bridgehead atoms. The lowest BCUT2D eigenvalue weighted by molar-refractivity contribution is 0.0359. The third-order valence-electron chi connectivity index (χ3n) is 8.72. The first-order chi connectivity index (χ1) is 19.7. The molecule has 41 heavy (non-hydrogen) atoms. The molecule has 0 radical (unpaired) electrons. The van der Waals surface area contributed by atoms with Gasteiger partial charge in [-0.05, 0) is 82.1 Å². The minimum Gasteiger partial charge on any atom is -0.379 e. The van der Waals surface area contributed by atoms with E-state index in [2.05, 4.69) is 32.6 Å². The number of nitrogens with one attached hydrogen (secondary N) is 1. The number of pyridine rings is 1. The molecule has 218 valence electrons. The van der Waals surface area contributed by atoms with E-state index >= 15 is 0 Å². The van der Waals surface area contributed by atoms with Gasteiger partial charge in [0.25, 0.3) is 5.91 Å². The zero-order valence-electron chi connectivity index (χ0n) is 25.0. The molecule has 4 heterocycles. The first kappa shape index (κ1) is 29.0. The van der Waals surface area contributed by atoms with Gasteiger partial charge in [-0.3, -0.25) is 24.0 Å². The molecular formula is C31H42N8O2. The molecule has 1 saturated heterocycles. The summed E-state index contributed by atoms with van der Waals surface area (Å²) in [5, 5.41) is 22.4. The summed E-state index contributed by atoms with van der Waals surface area (Å²) in [5.41, 5.74) is 6.24. The summed E-state index contributed by atoms with van der Waals surface area (Å²) in [4.78, 5) is 20.4. The standard InChI is InChI=1S/C31H42N8O2/c1-21-12-26(14-28-15-31(28,19-32)20-39-25(5)22(2)17-34-39)29(33-16-21)30(40)35-23(3)13-27-18-38(36-24(27)4)7-6-37-8-10-41-11-9-37/h12,16-18,23,28H,6-11,13-15,20H2,1-5H3,(H,35,40). The van der Waals surface area contributed by atoms with E-state index < -0.39 is 5.41 Å². The second-order valence-electron chi connectivity index (χ2n) is 12.0. The van der Waals surface area contributed by atoms with Crippen LogP contribution in [-0.4, -0.2) is 74.2 Å². The number of aryl methyl sites for hydroxylation is 3. The Balaban J connectivity index is 1.20. The van der Waals surface area contributed by atoms with Crippen molar-refractivity contribution in [2.45, 2.75) is 73.0 Å². The maximum Gasteiger partial charge on any atom is 0.270 e.